The first kappa shape index (κ1) is 56.4. The van der Waals surface area contributed by atoms with Gasteiger partial charge in [-0.25, -0.2) is 26.0 Å². The molecule has 0 unspecified atom stereocenters. The van der Waals surface area contributed by atoms with Crippen LogP contribution < -0.4 is 19.8 Å². The lowest BCUT2D eigenvalue weighted by atomic mass is 9.96. The second-order valence-electron chi connectivity index (χ2n) is 19.2. The predicted octanol–water partition coefficient (Wildman–Crippen LogP) is 11.9. The average Bonchev–Trinajstić information content (AvgIpc) is 3.70. The van der Waals surface area contributed by atoms with Gasteiger partial charge >= 0.3 is 11.5 Å². The smallest absolute Gasteiger partial charge is 0.478 e. The number of halogens is 5. The number of hydrogen-bond donors (Lipinski definition) is 3. The number of rotatable bonds is 20. The Morgan fingerprint density at radius 1 is 0.829 bits per heavy atom. The van der Waals surface area contributed by atoms with E-state index in [0.29, 0.717) is 90.7 Å². The largest absolute Gasteiger partial charge is 0.501 e. The number of thioether (sulfide) groups is 1. The molecule has 3 heterocycles. The van der Waals surface area contributed by atoms with Crippen LogP contribution >= 0.6 is 23.4 Å². The van der Waals surface area contributed by atoms with Crippen LogP contribution in [0.25, 0.3) is 22.4 Å². The second-order valence-corrected chi connectivity index (χ2v) is 24.3. The lowest BCUT2D eigenvalue weighted by molar-refractivity contribution is -0.0436. The number of carboxylic acids is 1. The van der Waals surface area contributed by atoms with Crippen molar-refractivity contribution in [2.45, 2.75) is 91.9 Å². The van der Waals surface area contributed by atoms with Crippen LogP contribution in [0.15, 0.2) is 130 Å². The number of aromatic nitrogens is 1. The van der Waals surface area contributed by atoms with Gasteiger partial charge in [-0.15, -0.1) is 11.8 Å². The van der Waals surface area contributed by atoms with Crippen molar-refractivity contribution in [3.63, 3.8) is 0 Å². The molecule has 0 amide bonds. The summed E-state index contributed by atoms with van der Waals surface area (Å²) in [5.74, 6) is -1.29. The summed E-state index contributed by atoms with van der Waals surface area (Å²) >= 11 is 7.67. The van der Waals surface area contributed by atoms with E-state index in [9.17, 15) is 39.9 Å². The molecule has 2 aliphatic heterocycles. The third-order valence-corrected chi connectivity index (χ3v) is 18.0. The third kappa shape index (κ3) is 13.1. The number of alkyl halides is 3. The Morgan fingerprint density at radius 3 is 2.08 bits per heavy atom. The number of hydrogen-bond acceptors (Lipinski definition) is 11. The Hall–Kier alpha value is -5.77. The molecule has 0 saturated carbocycles. The first-order chi connectivity index (χ1) is 36.1. The molecule has 76 heavy (non-hydrogen) atoms. The van der Waals surface area contributed by atoms with Crippen molar-refractivity contribution in [1.82, 2.24) is 9.47 Å². The third-order valence-electron chi connectivity index (χ3n) is 13.7. The minimum absolute atomic E-state index is 0.0764. The van der Waals surface area contributed by atoms with Gasteiger partial charge in [0.2, 0.25) is 0 Å². The molecule has 0 bridgehead atoms. The molecule has 21 heteroatoms. The van der Waals surface area contributed by atoms with Gasteiger partial charge in [-0.2, -0.15) is 13.2 Å². The fourth-order valence-corrected chi connectivity index (χ4v) is 13.1. The first-order valence-corrected chi connectivity index (χ1v) is 29.4. The summed E-state index contributed by atoms with van der Waals surface area (Å²) in [5.41, 5.74) is -1.93. The lowest BCUT2D eigenvalue weighted by Gasteiger charge is -2.37. The number of carboxylic acid groups (broad SMARTS) is 1. The molecule has 0 spiro atoms. The highest BCUT2D eigenvalue weighted by atomic mass is 35.5. The molecule has 6 aromatic rings. The number of piperidine rings is 1. The SMILES string of the molecule is CCn1c(C)c(C(=O)O)c(-c2cc(F)cc(N3CCN(c4ccc(NS(=O)(=O)c5ccc(N[C@H](CCN6CCC(OC(C)C)CC6)CSc6ccccc6)c(S(=O)(=O)C(F)(F)F)c5)cc4)CC3)c2)c1-c1ccc(Cl)cc1. The zero-order valence-corrected chi connectivity index (χ0v) is 45.7. The molecule has 1 aromatic heterocycles. The van der Waals surface area contributed by atoms with Gasteiger partial charge in [0.05, 0.1) is 34.0 Å². The molecule has 2 aliphatic rings. The Bertz CT molecular complexity index is 3220. The summed E-state index contributed by atoms with van der Waals surface area (Å²) in [5, 5.41) is 14.0. The highest BCUT2D eigenvalue weighted by Gasteiger charge is 2.48. The monoisotopic (exact) mass is 1120 g/mol. The van der Waals surface area contributed by atoms with E-state index in [1.165, 1.54) is 36.0 Å². The minimum Gasteiger partial charge on any atom is -0.478 e. The van der Waals surface area contributed by atoms with Gasteiger partial charge in [0, 0.05) is 102 Å². The quantitative estimate of drug-likeness (QED) is 0.0492. The number of piperazine rings is 1. The number of nitrogens with zero attached hydrogens (tertiary/aromatic N) is 4. The fourth-order valence-electron chi connectivity index (χ4n) is 9.92. The van der Waals surface area contributed by atoms with Gasteiger partial charge in [-0.1, -0.05) is 41.9 Å². The minimum atomic E-state index is -6.04. The number of ether oxygens (including phenoxy) is 1. The number of anilines is 4. The van der Waals surface area contributed by atoms with Crippen molar-refractivity contribution in [2.24, 2.45) is 0 Å². The fraction of sp³-hybridized carbons (Fsp3) is 0.364. The van der Waals surface area contributed by atoms with Crippen LogP contribution in [0.2, 0.25) is 5.02 Å². The van der Waals surface area contributed by atoms with Gasteiger partial charge in [-0.3, -0.25) is 4.72 Å². The zero-order chi connectivity index (χ0) is 54.5. The number of likely N-dealkylation sites (tertiary alicyclic amines) is 1. The first-order valence-electron chi connectivity index (χ1n) is 25.1. The van der Waals surface area contributed by atoms with Crippen molar-refractivity contribution < 1.29 is 49.0 Å². The molecule has 1 atom stereocenters. The predicted molar refractivity (Wildman–Crippen MR) is 294 cm³/mol. The van der Waals surface area contributed by atoms with E-state index in [4.69, 9.17) is 16.3 Å². The van der Waals surface area contributed by atoms with E-state index < -0.39 is 53.0 Å². The lowest BCUT2D eigenvalue weighted by Crippen LogP contribution is -2.46. The standard InChI is InChI=1S/C55H61ClF4N6O7S3/c1-5-66-37(4)51(54(67)68)52(53(66)38-11-13-40(56)14-12-38)39-31-41(57)33-45(32-39)65-29-27-64(28-30-65)44-17-15-42(16-18-44)62-76(71,72)48-19-20-49(50(34-48)75(69,70)55(58,59)60)61-43(35-74-47-9-7-6-8-10-47)21-24-63-25-22-46(23-26-63)73-36(2)3/h6-20,31-34,36,43,46,61-62H,5,21-30,35H2,1-4H3,(H,67,68)/t43-/m1/s1. The maximum Gasteiger partial charge on any atom is 0.501 e. The van der Waals surface area contributed by atoms with Crippen LogP contribution in [0.4, 0.5) is 40.3 Å². The van der Waals surface area contributed by atoms with Crippen molar-refractivity contribution in [3.8, 4) is 22.4 Å². The summed E-state index contributed by atoms with van der Waals surface area (Å²) in [6.07, 6.45) is 2.37. The van der Waals surface area contributed by atoms with Crippen LogP contribution in [0.1, 0.15) is 56.1 Å². The summed E-state index contributed by atoms with van der Waals surface area (Å²) in [6, 6.07) is 29.6. The molecular weight excluding hydrogens is 1060 g/mol. The average molecular weight is 1130 g/mol. The number of aromatic carboxylic acids is 1. The van der Waals surface area contributed by atoms with Crippen molar-refractivity contribution in [2.75, 3.05) is 71.4 Å². The van der Waals surface area contributed by atoms with Crippen LogP contribution in [-0.2, 0) is 31.1 Å². The van der Waals surface area contributed by atoms with E-state index in [-0.39, 0.29) is 29.1 Å². The van der Waals surface area contributed by atoms with Crippen LogP contribution in [0, 0.1) is 12.7 Å². The van der Waals surface area contributed by atoms with Crippen LogP contribution in [-0.4, -0.2) is 113 Å². The maximum atomic E-state index is 15.6. The highest BCUT2D eigenvalue weighted by molar-refractivity contribution is 7.99. The molecule has 406 valence electrons. The molecule has 5 aromatic carbocycles. The molecule has 8 rings (SSSR count). The maximum absolute atomic E-state index is 15.6. The highest BCUT2D eigenvalue weighted by Crippen LogP contribution is 2.42. The van der Waals surface area contributed by atoms with Gasteiger partial charge in [0.25, 0.3) is 19.9 Å². The van der Waals surface area contributed by atoms with Crippen LogP contribution in [0.3, 0.4) is 0 Å². The topological polar surface area (TPSA) is 154 Å². The Labute approximate surface area is 451 Å². The molecule has 2 fully saturated rings. The number of sulfone groups is 1. The van der Waals surface area contributed by atoms with Gasteiger partial charge in [0.1, 0.15) is 10.7 Å². The van der Waals surface area contributed by atoms with Gasteiger partial charge < -0.3 is 34.4 Å². The summed E-state index contributed by atoms with van der Waals surface area (Å²) in [7, 11) is -10.7. The number of sulfonamides is 1. The van der Waals surface area contributed by atoms with Crippen LogP contribution in [0.5, 0.6) is 0 Å². The molecule has 13 nitrogen and oxygen atoms in total. The molecule has 3 N–H and O–H groups in total. The number of benzene rings is 5. The Balaban J connectivity index is 0.966. The van der Waals surface area contributed by atoms with Crippen molar-refractivity contribution >= 4 is 71.9 Å². The molecular formula is C55H61ClF4N6O7S3. The van der Waals surface area contributed by atoms with E-state index in [2.05, 4.69) is 19.8 Å². The Morgan fingerprint density at radius 2 is 1.47 bits per heavy atom. The van der Waals surface area contributed by atoms with E-state index in [1.54, 1.807) is 49.4 Å². The van der Waals surface area contributed by atoms with Crippen molar-refractivity contribution in [1.29, 1.82) is 0 Å². The molecule has 2 saturated heterocycles. The van der Waals surface area contributed by atoms with E-state index in [0.717, 1.165) is 54.2 Å². The molecule has 0 radical (unpaired) electrons. The summed E-state index contributed by atoms with van der Waals surface area (Å²) in [6.45, 7) is 12.1. The summed E-state index contributed by atoms with van der Waals surface area (Å²) < 4.78 is 123. The number of carbonyl (C=O) groups is 1. The zero-order valence-electron chi connectivity index (χ0n) is 42.5. The second kappa shape index (κ2) is 23.9. The molecule has 0 aliphatic carbocycles. The summed E-state index contributed by atoms with van der Waals surface area (Å²) in [4.78, 5) is 18.1. The van der Waals surface area contributed by atoms with E-state index >= 15 is 4.39 Å². The van der Waals surface area contributed by atoms with Gasteiger partial charge in [0.15, 0.2) is 0 Å². The van der Waals surface area contributed by atoms with E-state index in [1.807, 2.05) is 60.6 Å². The Kier molecular flexibility index (Phi) is 17.7. The number of nitrogens with one attached hydrogen (secondary N) is 2. The van der Waals surface area contributed by atoms with Gasteiger partial charge in [-0.05, 0) is 143 Å². The normalized spacial score (nSPS) is 15.6. The van der Waals surface area contributed by atoms with Crippen molar-refractivity contribution in [3.05, 3.63) is 137 Å².